The summed E-state index contributed by atoms with van der Waals surface area (Å²) in [5.41, 5.74) is 2.39. The highest BCUT2D eigenvalue weighted by Crippen LogP contribution is 2.28. The zero-order chi connectivity index (χ0) is 12.5. The standard InChI is InChI=1S/C14H19ClN2O/c1-11-2-3-14(13(15)8-11)17-6-4-16(5-7-17)12-9-18-10-12/h2-3,8,12H,4-7,9-10H2,1H3. The first-order valence-electron chi connectivity index (χ1n) is 6.57. The first-order valence-corrected chi connectivity index (χ1v) is 6.95. The van der Waals surface area contributed by atoms with Crippen LogP contribution < -0.4 is 4.90 Å². The van der Waals surface area contributed by atoms with Crippen LogP contribution in [0.2, 0.25) is 5.02 Å². The second-order valence-corrected chi connectivity index (χ2v) is 5.58. The fourth-order valence-corrected chi connectivity index (χ4v) is 2.99. The van der Waals surface area contributed by atoms with Gasteiger partial charge >= 0.3 is 0 Å². The van der Waals surface area contributed by atoms with Crippen molar-refractivity contribution in [2.45, 2.75) is 13.0 Å². The predicted molar refractivity (Wildman–Crippen MR) is 74.6 cm³/mol. The first-order chi connectivity index (χ1) is 8.74. The number of piperazine rings is 1. The molecule has 0 aliphatic carbocycles. The van der Waals surface area contributed by atoms with Crippen LogP contribution in [0.4, 0.5) is 5.69 Å². The van der Waals surface area contributed by atoms with Gasteiger partial charge < -0.3 is 9.64 Å². The Balaban J connectivity index is 1.64. The van der Waals surface area contributed by atoms with E-state index >= 15 is 0 Å². The third-order valence-electron chi connectivity index (χ3n) is 3.90. The van der Waals surface area contributed by atoms with Gasteiger partial charge in [-0.3, -0.25) is 4.90 Å². The minimum absolute atomic E-state index is 0.653. The van der Waals surface area contributed by atoms with Crippen LogP contribution >= 0.6 is 11.6 Å². The van der Waals surface area contributed by atoms with Crippen molar-refractivity contribution in [3.05, 3.63) is 28.8 Å². The predicted octanol–water partition coefficient (Wildman–Crippen LogP) is 2.17. The molecule has 0 unspecified atom stereocenters. The lowest BCUT2D eigenvalue weighted by molar-refractivity contribution is -0.0660. The maximum absolute atomic E-state index is 6.32. The van der Waals surface area contributed by atoms with E-state index in [0.29, 0.717) is 6.04 Å². The fourth-order valence-electron chi connectivity index (χ4n) is 2.63. The molecule has 1 aromatic rings. The summed E-state index contributed by atoms with van der Waals surface area (Å²) in [5.74, 6) is 0. The highest BCUT2D eigenvalue weighted by molar-refractivity contribution is 6.33. The summed E-state index contributed by atoms with van der Waals surface area (Å²) in [7, 11) is 0. The molecule has 0 atom stereocenters. The van der Waals surface area contributed by atoms with Crippen molar-refractivity contribution in [1.29, 1.82) is 0 Å². The third-order valence-corrected chi connectivity index (χ3v) is 4.20. The van der Waals surface area contributed by atoms with E-state index in [9.17, 15) is 0 Å². The van der Waals surface area contributed by atoms with Gasteiger partial charge in [-0.15, -0.1) is 0 Å². The van der Waals surface area contributed by atoms with E-state index in [1.54, 1.807) is 0 Å². The first kappa shape index (κ1) is 12.3. The number of nitrogens with zero attached hydrogens (tertiary/aromatic N) is 2. The van der Waals surface area contributed by atoms with Crippen LogP contribution in [0.1, 0.15) is 5.56 Å². The molecule has 1 aromatic carbocycles. The summed E-state index contributed by atoms with van der Waals surface area (Å²) < 4.78 is 5.26. The van der Waals surface area contributed by atoms with Gasteiger partial charge in [0.2, 0.25) is 0 Å². The van der Waals surface area contributed by atoms with Crippen LogP contribution in [-0.2, 0) is 4.74 Å². The molecule has 0 saturated carbocycles. The Bertz CT molecular complexity index is 426. The number of benzene rings is 1. The molecule has 0 bridgehead atoms. The van der Waals surface area contributed by atoms with Crippen LogP contribution in [0.25, 0.3) is 0 Å². The number of aryl methyl sites for hydroxylation is 1. The van der Waals surface area contributed by atoms with E-state index in [1.807, 2.05) is 6.07 Å². The Hall–Kier alpha value is -0.770. The van der Waals surface area contributed by atoms with Gasteiger partial charge in [0.25, 0.3) is 0 Å². The Morgan fingerprint density at radius 3 is 2.44 bits per heavy atom. The molecule has 3 rings (SSSR count). The molecule has 2 saturated heterocycles. The Morgan fingerprint density at radius 1 is 1.17 bits per heavy atom. The lowest BCUT2D eigenvalue weighted by atomic mass is 10.1. The normalized spacial score (nSPS) is 22.0. The average Bonchev–Trinajstić information content (AvgIpc) is 2.28. The summed E-state index contributed by atoms with van der Waals surface area (Å²) in [6.07, 6.45) is 0. The lowest BCUT2D eigenvalue weighted by Crippen LogP contribution is -2.56. The van der Waals surface area contributed by atoms with Crippen LogP contribution in [0, 0.1) is 6.92 Å². The van der Waals surface area contributed by atoms with Crippen molar-refractivity contribution in [2.75, 3.05) is 44.3 Å². The maximum Gasteiger partial charge on any atom is 0.0645 e. The number of anilines is 1. The van der Waals surface area contributed by atoms with Crippen molar-refractivity contribution in [3.63, 3.8) is 0 Å². The molecule has 2 aliphatic rings. The van der Waals surface area contributed by atoms with Crippen molar-refractivity contribution in [1.82, 2.24) is 4.90 Å². The van der Waals surface area contributed by atoms with Crippen LogP contribution in [-0.4, -0.2) is 50.3 Å². The molecule has 0 amide bonds. The van der Waals surface area contributed by atoms with Gasteiger partial charge in [0.05, 0.1) is 30.0 Å². The summed E-state index contributed by atoms with van der Waals surface area (Å²) in [5, 5.41) is 0.871. The van der Waals surface area contributed by atoms with E-state index in [0.717, 1.165) is 44.4 Å². The molecule has 0 spiro atoms. The number of ether oxygens (including phenoxy) is 1. The van der Waals surface area contributed by atoms with E-state index in [2.05, 4.69) is 28.9 Å². The lowest BCUT2D eigenvalue weighted by Gasteiger charge is -2.43. The van der Waals surface area contributed by atoms with Gasteiger partial charge in [-0.25, -0.2) is 0 Å². The Labute approximate surface area is 113 Å². The van der Waals surface area contributed by atoms with Crippen LogP contribution in [0.5, 0.6) is 0 Å². The van der Waals surface area contributed by atoms with Gasteiger partial charge in [0.1, 0.15) is 0 Å². The molecule has 98 valence electrons. The van der Waals surface area contributed by atoms with Crippen molar-refractivity contribution in [2.24, 2.45) is 0 Å². The van der Waals surface area contributed by atoms with E-state index in [4.69, 9.17) is 16.3 Å². The second kappa shape index (κ2) is 5.08. The number of rotatable bonds is 2. The molecule has 0 N–H and O–H groups in total. The summed E-state index contributed by atoms with van der Waals surface area (Å²) in [6, 6.07) is 6.97. The van der Waals surface area contributed by atoms with Gasteiger partial charge in [-0.1, -0.05) is 17.7 Å². The van der Waals surface area contributed by atoms with Gasteiger partial charge in [-0.2, -0.15) is 0 Å². The highest BCUT2D eigenvalue weighted by Gasteiger charge is 2.29. The monoisotopic (exact) mass is 266 g/mol. The fraction of sp³-hybridized carbons (Fsp3) is 0.571. The van der Waals surface area contributed by atoms with E-state index in [1.165, 1.54) is 11.3 Å². The van der Waals surface area contributed by atoms with Crippen molar-refractivity contribution in [3.8, 4) is 0 Å². The van der Waals surface area contributed by atoms with Gasteiger partial charge in [-0.05, 0) is 24.6 Å². The Kier molecular flexibility index (Phi) is 3.46. The number of halogens is 1. The zero-order valence-electron chi connectivity index (χ0n) is 10.7. The van der Waals surface area contributed by atoms with Gasteiger partial charge in [0.15, 0.2) is 0 Å². The summed E-state index contributed by atoms with van der Waals surface area (Å²) >= 11 is 6.32. The molecule has 2 fully saturated rings. The molecule has 4 heteroatoms. The molecule has 3 nitrogen and oxygen atoms in total. The quantitative estimate of drug-likeness (QED) is 0.816. The molecule has 0 radical (unpaired) electrons. The highest BCUT2D eigenvalue weighted by atomic mass is 35.5. The molecular formula is C14H19ClN2O. The smallest absolute Gasteiger partial charge is 0.0645 e. The zero-order valence-corrected chi connectivity index (χ0v) is 11.5. The van der Waals surface area contributed by atoms with Crippen LogP contribution in [0.3, 0.4) is 0 Å². The Morgan fingerprint density at radius 2 is 1.89 bits per heavy atom. The maximum atomic E-state index is 6.32. The summed E-state index contributed by atoms with van der Waals surface area (Å²) in [6.45, 7) is 8.22. The number of hydrogen-bond acceptors (Lipinski definition) is 3. The SMILES string of the molecule is Cc1ccc(N2CCN(C3COC3)CC2)c(Cl)c1. The van der Waals surface area contributed by atoms with Crippen molar-refractivity contribution < 1.29 is 4.74 Å². The molecule has 18 heavy (non-hydrogen) atoms. The molecule has 2 aliphatic heterocycles. The van der Waals surface area contributed by atoms with E-state index < -0.39 is 0 Å². The average molecular weight is 267 g/mol. The number of hydrogen-bond donors (Lipinski definition) is 0. The largest absolute Gasteiger partial charge is 0.378 e. The van der Waals surface area contributed by atoms with Crippen LogP contribution in [0.15, 0.2) is 18.2 Å². The van der Waals surface area contributed by atoms with Gasteiger partial charge in [0, 0.05) is 26.2 Å². The van der Waals surface area contributed by atoms with Crippen molar-refractivity contribution >= 4 is 17.3 Å². The minimum Gasteiger partial charge on any atom is -0.378 e. The topological polar surface area (TPSA) is 15.7 Å². The van der Waals surface area contributed by atoms with E-state index in [-0.39, 0.29) is 0 Å². The molecule has 2 heterocycles. The third kappa shape index (κ3) is 2.35. The molecule has 0 aromatic heterocycles. The second-order valence-electron chi connectivity index (χ2n) is 5.17. The minimum atomic E-state index is 0.653. The molecular weight excluding hydrogens is 248 g/mol. The summed E-state index contributed by atoms with van der Waals surface area (Å²) in [4.78, 5) is 4.92.